The third-order valence-corrected chi connectivity index (χ3v) is 3.07. The average molecular weight is 359 g/mol. The monoisotopic (exact) mass is 358 g/mol. The lowest BCUT2D eigenvalue weighted by Gasteiger charge is -2.08. The van der Waals surface area contributed by atoms with E-state index in [1.165, 1.54) is 18.3 Å². The van der Waals surface area contributed by atoms with Crippen LogP contribution >= 0.6 is 35.4 Å². The second-order valence-electron chi connectivity index (χ2n) is 3.88. The highest BCUT2D eigenvalue weighted by Crippen LogP contribution is 2.25. The van der Waals surface area contributed by atoms with Crippen LogP contribution in [-0.4, -0.2) is 16.3 Å². The summed E-state index contributed by atoms with van der Waals surface area (Å²) in [6.45, 7) is 0. The van der Waals surface area contributed by atoms with Gasteiger partial charge in [-0.15, -0.1) is 0 Å². The third-order valence-electron chi connectivity index (χ3n) is 2.33. The van der Waals surface area contributed by atoms with Gasteiger partial charge in [-0.2, -0.15) is 5.10 Å². The molecule has 0 spiro atoms. The molecule has 22 heavy (non-hydrogen) atoms. The highest BCUT2D eigenvalue weighted by atomic mass is 35.5. The Bertz CT molecular complexity index is 748. The molecule has 0 bridgehead atoms. The number of hydrazone groups is 1. The number of nitrogens with one attached hydrogen (secondary N) is 2. The van der Waals surface area contributed by atoms with Gasteiger partial charge in [0.1, 0.15) is 4.92 Å². The Hall–Kier alpha value is -2.16. The van der Waals surface area contributed by atoms with E-state index in [-0.39, 0.29) is 16.8 Å². The number of hydrogen-bond acceptors (Lipinski definition) is 5. The first kappa shape index (κ1) is 16.2. The maximum absolute atomic E-state index is 10.5. The van der Waals surface area contributed by atoms with Gasteiger partial charge >= 0.3 is 5.88 Å². The lowest BCUT2D eigenvalue weighted by molar-refractivity contribution is -0.402. The van der Waals surface area contributed by atoms with E-state index in [0.29, 0.717) is 15.7 Å². The fraction of sp³-hybridized carbons (Fsp3) is 0. The Labute approximate surface area is 140 Å². The van der Waals surface area contributed by atoms with Crippen LogP contribution in [0, 0.1) is 10.1 Å². The Morgan fingerprint density at radius 1 is 1.36 bits per heavy atom. The van der Waals surface area contributed by atoms with E-state index < -0.39 is 4.92 Å². The van der Waals surface area contributed by atoms with Crippen LogP contribution in [0.15, 0.2) is 39.9 Å². The molecule has 2 rings (SSSR count). The zero-order chi connectivity index (χ0) is 16.1. The van der Waals surface area contributed by atoms with Crippen molar-refractivity contribution < 1.29 is 9.34 Å². The summed E-state index contributed by atoms with van der Waals surface area (Å²) < 4.78 is 4.89. The number of hydrogen-bond donors (Lipinski definition) is 2. The van der Waals surface area contributed by atoms with Gasteiger partial charge in [0, 0.05) is 5.02 Å². The lowest BCUT2D eigenvalue weighted by Crippen LogP contribution is -2.23. The van der Waals surface area contributed by atoms with Gasteiger partial charge in [-0.3, -0.25) is 15.5 Å². The first-order valence-corrected chi connectivity index (χ1v) is 6.91. The van der Waals surface area contributed by atoms with Gasteiger partial charge in [0.05, 0.1) is 23.0 Å². The molecule has 1 aromatic carbocycles. The fourth-order valence-corrected chi connectivity index (χ4v) is 2.02. The summed E-state index contributed by atoms with van der Waals surface area (Å²) >= 11 is 16.8. The molecule has 0 saturated carbocycles. The van der Waals surface area contributed by atoms with Crippen molar-refractivity contribution >= 4 is 58.3 Å². The minimum atomic E-state index is -0.639. The van der Waals surface area contributed by atoms with Crippen LogP contribution in [0.25, 0.3) is 0 Å². The van der Waals surface area contributed by atoms with Crippen molar-refractivity contribution in [3.05, 3.63) is 56.3 Å². The molecule has 0 aliphatic carbocycles. The zero-order valence-electron chi connectivity index (χ0n) is 10.7. The summed E-state index contributed by atoms with van der Waals surface area (Å²) in [6, 6.07) is 7.53. The number of benzene rings is 1. The number of rotatable bonds is 4. The normalized spacial score (nSPS) is 10.6. The molecule has 0 unspecified atom stereocenters. The molecule has 0 fully saturated rings. The first-order valence-electron chi connectivity index (χ1n) is 5.75. The SMILES string of the molecule is O=[N+]([O-])c1ccc(/C=N\NC(=S)Nc2ccc(Cl)cc2Cl)o1. The molecular formula is C12H8Cl2N4O3S. The molecule has 0 aliphatic heterocycles. The van der Waals surface area contributed by atoms with Gasteiger partial charge in [0.2, 0.25) is 0 Å². The van der Waals surface area contributed by atoms with E-state index in [2.05, 4.69) is 15.8 Å². The van der Waals surface area contributed by atoms with Crippen LogP contribution in [0.2, 0.25) is 10.0 Å². The average Bonchev–Trinajstić information content (AvgIpc) is 2.91. The third kappa shape index (κ3) is 4.42. The van der Waals surface area contributed by atoms with E-state index in [4.69, 9.17) is 39.8 Å². The van der Waals surface area contributed by atoms with Crippen LogP contribution < -0.4 is 10.7 Å². The number of nitro groups is 1. The predicted octanol–water partition coefficient (Wildman–Crippen LogP) is 3.82. The predicted molar refractivity (Wildman–Crippen MR) is 88.8 cm³/mol. The number of thiocarbonyl (C=S) groups is 1. The molecule has 0 amide bonds. The van der Waals surface area contributed by atoms with Crippen molar-refractivity contribution in [1.29, 1.82) is 0 Å². The van der Waals surface area contributed by atoms with Crippen LogP contribution in [0.5, 0.6) is 0 Å². The van der Waals surface area contributed by atoms with E-state index in [9.17, 15) is 10.1 Å². The summed E-state index contributed by atoms with van der Waals surface area (Å²) in [5, 5.41) is 18.2. The summed E-state index contributed by atoms with van der Waals surface area (Å²) in [6.07, 6.45) is 1.25. The Balaban J connectivity index is 1.91. The molecule has 0 atom stereocenters. The minimum Gasteiger partial charge on any atom is -0.400 e. The number of anilines is 1. The number of nitrogens with zero attached hydrogens (tertiary/aromatic N) is 2. The van der Waals surface area contributed by atoms with Crippen LogP contribution in [0.1, 0.15) is 5.76 Å². The van der Waals surface area contributed by atoms with E-state index in [1.54, 1.807) is 18.2 Å². The minimum absolute atomic E-state index is 0.182. The number of furan rings is 1. The molecule has 2 N–H and O–H groups in total. The van der Waals surface area contributed by atoms with Gasteiger partial charge in [-0.25, -0.2) is 0 Å². The lowest BCUT2D eigenvalue weighted by atomic mass is 10.3. The second kappa shape index (κ2) is 7.21. The standard InChI is InChI=1S/C12H8Cl2N4O3S/c13-7-1-3-10(9(14)5-7)16-12(22)17-15-6-8-2-4-11(21-8)18(19)20/h1-6H,(H2,16,17,22)/b15-6-. The maximum atomic E-state index is 10.5. The van der Waals surface area contributed by atoms with Crippen LogP contribution in [-0.2, 0) is 0 Å². The smallest absolute Gasteiger partial charge is 0.400 e. The van der Waals surface area contributed by atoms with Gasteiger partial charge in [0.15, 0.2) is 10.9 Å². The molecular weight excluding hydrogens is 351 g/mol. The van der Waals surface area contributed by atoms with Crippen molar-refractivity contribution in [3.8, 4) is 0 Å². The van der Waals surface area contributed by atoms with Crippen molar-refractivity contribution in [2.75, 3.05) is 5.32 Å². The van der Waals surface area contributed by atoms with E-state index in [0.717, 1.165) is 0 Å². The highest BCUT2D eigenvalue weighted by Gasteiger charge is 2.10. The maximum Gasteiger partial charge on any atom is 0.433 e. The Morgan fingerprint density at radius 3 is 2.77 bits per heavy atom. The van der Waals surface area contributed by atoms with Crippen molar-refractivity contribution in [2.24, 2.45) is 5.10 Å². The van der Waals surface area contributed by atoms with Gasteiger partial charge < -0.3 is 9.73 Å². The second-order valence-corrected chi connectivity index (χ2v) is 5.13. The number of halogens is 2. The molecule has 1 aromatic heterocycles. The van der Waals surface area contributed by atoms with Gasteiger partial charge in [-0.1, -0.05) is 23.2 Å². The Kier molecular flexibility index (Phi) is 5.31. The molecule has 0 saturated heterocycles. The van der Waals surface area contributed by atoms with Gasteiger partial charge in [0.25, 0.3) is 0 Å². The summed E-state index contributed by atoms with van der Waals surface area (Å²) in [5.41, 5.74) is 3.09. The van der Waals surface area contributed by atoms with Crippen molar-refractivity contribution in [3.63, 3.8) is 0 Å². The topological polar surface area (TPSA) is 92.7 Å². The van der Waals surface area contributed by atoms with Crippen LogP contribution in [0.4, 0.5) is 11.6 Å². The summed E-state index contributed by atoms with van der Waals surface area (Å²) in [4.78, 5) is 9.81. The fourth-order valence-electron chi connectivity index (χ4n) is 1.41. The van der Waals surface area contributed by atoms with E-state index >= 15 is 0 Å². The highest BCUT2D eigenvalue weighted by molar-refractivity contribution is 7.80. The molecule has 2 aromatic rings. The van der Waals surface area contributed by atoms with Gasteiger partial charge in [-0.05, 0) is 36.5 Å². The molecule has 0 radical (unpaired) electrons. The first-order chi connectivity index (χ1) is 10.5. The molecule has 10 heteroatoms. The van der Waals surface area contributed by atoms with E-state index in [1.807, 2.05) is 0 Å². The zero-order valence-corrected chi connectivity index (χ0v) is 13.1. The largest absolute Gasteiger partial charge is 0.433 e. The van der Waals surface area contributed by atoms with Crippen molar-refractivity contribution in [2.45, 2.75) is 0 Å². The molecule has 1 heterocycles. The quantitative estimate of drug-likeness (QED) is 0.373. The molecule has 0 aliphatic rings. The molecule has 114 valence electrons. The Morgan fingerprint density at radius 2 is 2.14 bits per heavy atom. The van der Waals surface area contributed by atoms with Crippen LogP contribution in [0.3, 0.4) is 0 Å². The van der Waals surface area contributed by atoms with Crippen molar-refractivity contribution in [1.82, 2.24) is 5.43 Å². The molecule has 7 nitrogen and oxygen atoms in total. The summed E-state index contributed by atoms with van der Waals surface area (Å²) in [7, 11) is 0. The summed E-state index contributed by atoms with van der Waals surface area (Å²) in [5.74, 6) is -0.151.